The van der Waals surface area contributed by atoms with E-state index in [0.717, 1.165) is 0 Å². The van der Waals surface area contributed by atoms with Crippen molar-refractivity contribution in [3.8, 4) is 5.75 Å². The van der Waals surface area contributed by atoms with E-state index in [2.05, 4.69) is 5.32 Å². The molecule has 0 fully saturated rings. The van der Waals surface area contributed by atoms with Crippen molar-refractivity contribution in [3.63, 3.8) is 0 Å². The highest BCUT2D eigenvalue weighted by Gasteiger charge is 2.19. The van der Waals surface area contributed by atoms with Crippen LogP contribution in [0.25, 0.3) is 0 Å². The largest absolute Gasteiger partial charge is 0.508 e. The van der Waals surface area contributed by atoms with Crippen LogP contribution in [0, 0.1) is 0 Å². The number of benzene rings is 2. The van der Waals surface area contributed by atoms with Gasteiger partial charge in [0.1, 0.15) is 5.75 Å². The third-order valence-corrected chi connectivity index (χ3v) is 3.29. The minimum absolute atomic E-state index is 0.0629. The van der Waals surface area contributed by atoms with Crippen molar-refractivity contribution in [2.45, 2.75) is 20.0 Å². The molecule has 0 spiro atoms. The van der Waals surface area contributed by atoms with Gasteiger partial charge in [-0.1, -0.05) is 6.07 Å². The van der Waals surface area contributed by atoms with Gasteiger partial charge in [-0.25, -0.2) is 4.79 Å². The minimum atomic E-state index is -1.02. The summed E-state index contributed by atoms with van der Waals surface area (Å²) in [5, 5.41) is 11.9. The first-order valence-electron chi connectivity index (χ1n) is 7.28. The Hall–Kier alpha value is -3.15. The first kappa shape index (κ1) is 17.2. The normalized spacial score (nSPS) is 11.4. The van der Waals surface area contributed by atoms with E-state index in [1.807, 2.05) is 0 Å². The molecule has 0 unspecified atom stereocenters. The maximum absolute atomic E-state index is 12.1. The average molecular weight is 327 g/mol. The summed E-state index contributed by atoms with van der Waals surface area (Å²) in [7, 11) is 0. The summed E-state index contributed by atoms with van der Waals surface area (Å²) >= 11 is 0. The van der Waals surface area contributed by atoms with Crippen LogP contribution >= 0.6 is 0 Å². The topological polar surface area (TPSA) is 92.7 Å². The Morgan fingerprint density at radius 1 is 1.04 bits per heavy atom. The Morgan fingerprint density at radius 2 is 1.71 bits per heavy atom. The summed E-state index contributed by atoms with van der Waals surface area (Å²) < 4.78 is 5.07. The van der Waals surface area contributed by atoms with Crippen LogP contribution in [0.3, 0.4) is 0 Å². The number of ether oxygens (including phenoxy) is 1. The number of rotatable bonds is 5. The molecule has 124 valence electrons. The molecular weight excluding hydrogens is 310 g/mol. The average Bonchev–Trinajstić information content (AvgIpc) is 2.55. The number of carbonyl (C=O) groups excluding carboxylic acids is 3. The Labute approximate surface area is 139 Å². The van der Waals surface area contributed by atoms with Gasteiger partial charge in [0.2, 0.25) is 0 Å². The molecule has 0 aromatic heterocycles. The summed E-state index contributed by atoms with van der Waals surface area (Å²) in [4.78, 5) is 35.2. The maximum atomic E-state index is 12.1. The number of amides is 1. The highest BCUT2D eigenvalue weighted by Crippen LogP contribution is 2.14. The smallest absolute Gasteiger partial charge is 0.339 e. The van der Waals surface area contributed by atoms with Gasteiger partial charge in [0, 0.05) is 11.3 Å². The van der Waals surface area contributed by atoms with E-state index in [0.29, 0.717) is 11.3 Å². The van der Waals surface area contributed by atoms with Gasteiger partial charge in [-0.15, -0.1) is 0 Å². The van der Waals surface area contributed by atoms with Crippen LogP contribution < -0.4 is 5.32 Å². The fourth-order valence-corrected chi connectivity index (χ4v) is 1.95. The first-order chi connectivity index (χ1) is 11.4. The van der Waals surface area contributed by atoms with Crippen molar-refractivity contribution in [1.82, 2.24) is 0 Å². The van der Waals surface area contributed by atoms with Crippen molar-refractivity contribution in [2.75, 3.05) is 5.32 Å². The third-order valence-electron chi connectivity index (χ3n) is 3.29. The van der Waals surface area contributed by atoms with Crippen molar-refractivity contribution in [3.05, 3.63) is 59.7 Å². The highest BCUT2D eigenvalue weighted by atomic mass is 16.5. The van der Waals surface area contributed by atoms with E-state index in [9.17, 15) is 19.5 Å². The monoisotopic (exact) mass is 327 g/mol. The molecule has 0 heterocycles. The summed E-state index contributed by atoms with van der Waals surface area (Å²) in [6, 6.07) is 12.1. The third kappa shape index (κ3) is 4.42. The lowest BCUT2D eigenvalue weighted by Gasteiger charge is -2.13. The molecule has 0 aliphatic rings. The zero-order chi connectivity index (χ0) is 17.7. The molecule has 1 amide bonds. The van der Waals surface area contributed by atoms with Crippen molar-refractivity contribution in [2.24, 2.45) is 0 Å². The van der Waals surface area contributed by atoms with E-state index in [1.54, 1.807) is 24.3 Å². The second kappa shape index (κ2) is 7.41. The molecule has 0 saturated heterocycles. The second-order valence-electron chi connectivity index (χ2n) is 5.22. The lowest BCUT2D eigenvalue weighted by atomic mass is 10.1. The summed E-state index contributed by atoms with van der Waals surface area (Å²) in [6.45, 7) is 2.90. The standard InChI is InChI=1S/C18H17NO5/c1-11(20)13-6-8-15(9-7-13)19-17(22)12(2)24-18(23)14-4-3-5-16(21)10-14/h3-10,12,21H,1-2H3,(H,19,22)/t12-/m0/s1. The number of aromatic hydroxyl groups is 1. The molecule has 2 aromatic rings. The lowest BCUT2D eigenvalue weighted by molar-refractivity contribution is -0.123. The SMILES string of the molecule is CC(=O)c1ccc(NC(=O)[C@H](C)OC(=O)c2cccc(O)c2)cc1. The number of phenols is 1. The summed E-state index contributed by atoms with van der Waals surface area (Å²) in [5.41, 5.74) is 1.18. The molecule has 1 atom stereocenters. The number of hydrogen-bond donors (Lipinski definition) is 2. The van der Waals surface area contributed by atoms with E-state index in [-0.39, 0.29) is 17.1 Å². The zero-order valence-corrected chi connectivity index (χ0v) is 13.3. The maximum Gasteiger partial charge on any atom is 0.339 e. The molecule has 6 heteroatoms. The van der Waals surface area contributed by atoms with Gasteiger partial charge in [-0.3, -0.25) is 9.59 Å². The Kier molecular flexibility index (Phi) is 5.31. The van der Waals surface area contributed by atoms with E-state index < -0.39 is 18.0 Å². The summed E-state index contributed by atoms with van der Waals surface area (Å²) in [5.74, 6) is -1.34. The second-order valence-corrected chi connectivity index (χ2v) is 5.22. The predicted molar refractivity (Wildman–Crippen MR) is 88.1 cm³/mol. The number of carbonyl (C=O) groups is 3. The molecule has 24 heavy (non-hydrogen) atoms. The molecule has 0 aliphatic heterocycles. The van der Waals surface area contributed by atoms with Gasteiger partial charge in [0.05, 0.1) is 5.56 Å². The van der Waals surface area contributed by atoms with Crippen LogP contribution in [-0.2, 0) is 9.53 Å². The number of hydrogen-bond acceptors (Lipinski definition) is 5. The van der Waals surface area contributed by atoms with Crippen molar-refractivity contribution < 1.29 is 24.2 Å². The van der Waals surface area contributed by atoms with Gasteiger partial charge in [-0.05, 0) is 56.3 Å². The van der Waals surface area contributed by atoms with Crippen LogP contribution in [0.5, 0.6) is 5.75 Å². The number of ketones is 1. The van der Waals surface area contributed by atoms with Gasteiger partial charge in [0.15, 0.2) is 11.9 Å². The molecular formula is C18H17NO5. The zero-order valence-electron chi connectivity index (χ0n) is 13.3. The van der Waals surface area contributed by atoms with Crippen molar-refractivity contribution >= 4 is 23.3 Å². The number of nitrogens with one attached hydrogen (secondary N) is 1. The molecule has 0 radical (unpaired) electrons. The number of esters is 1. The Bertz CT molecular complexity index is 767. The fourth-order valence-electron chi connectivity index (χ4n) is 1.95. The minimum Gasteiger partial charge on any atom is -0.508 e. The quantitative estimate of drug-likeness (QED) is 0.651. The molecule has 0 bridgehead atoms. The number of anilines is 1. The lowest BCUT2D eigenvalue weighted by Crippen LogP contribution is -2.30. The van der Waals surface area contributed by atoms with Crippen LogP contribution in [-0.4, -0.2) is 28.9 Å². The van der Waals surface area contributed by atoms with Crippen LogP contribution in [0.4, 0.5) is 5.69 Å². The van der Waals surface area contributed by atoms with Gasteiger partial charge < -0.3 is 15.2 Å². The molecule has 6 nitrogen and oxygen atoms in total. The van der Waals surface area contributed by atoms with Gasteiger partial charge in [0.25, 0.3) is 5.91 Å². The molecule has 2 aromatic carbocycles. The van der Waals surface area contributed by atoms with E-state index >= 15 is 0 Å². The molecule has 2 N–H and O–H groups in total. The summed E-state index contributed by atoms with van der Waals surface area (Å²) in [6.07, 6.45) is -1.02. The van der Waals surface area contributed by atoms with Gasteiger partial charge >= 0.3 is 5.97 Å². The van der Waals surface area contributed by atoms with E-state index in [1.165, 1.54) is 38.1 Å². The highest BCUT2D eigenvalue weighted by molar-refractivity contribution is 5.98. The molecule has 2 rings (SSSR count). The molecule has 0 aliphatic carbocycles. The Balaban J connectivity index is 1.96. The van der Waals surface area contributed by atoms with Crippen LogP contribution in [0.1, 0.15) is 34.6 Å². The van der Waals surface area contributed by atoms with Gasteiger partial charge in [-0.2, -0.15) is 0 Å². The fraction of sp³-hybridized carbons (Fsp3) is 0.167. The van der Waals surface area contributed by atoms with E-state index in [4.69, 9.17) is 4.74 Å². The molecule has 0 saturated carbocycles. The van der Waals surface area contributed by atoms with Crippen LogP contribution in [0.2, 0.25) is 0 Å². The number of phenolic OH excluding ortho intramolecular Hbond substituents is 1. The predicted octanol–water partition coefficient (Wildman–Crippen LogP) is 2.78. The number of Topliss-reactive ketones (excluding diaryl/α,β-unsaturated/α-hetero) is 1. The van der Waals surface area contributed by atoms with Crippen molar-refractivity contribution in [1.29, 1.82) is 0 Å². The van der Waals surface area contributed by atoms with Crippen LogP contribution in [0.15, 0.2) is 48.5 Å². The Morgan fingerprint density at radius 3 is 2.29 bits per heavy atom. The first-order valence-corrected chi connectivity index (χ1v) is 7.28.